The third-order valence-corrected chi connectivity index (χ3v) is 2.32. The van der Waals surface area contributed by atoms with Gasteiger partial charge >= 0.3 is 0 Å². The summed E-state index contributed by atoms with van der Waals surface area (Å²) in [6.45, 7) is 2.18. The first kappa shape index (κ1) is 9.33. The highest BCUT2D eigenvalue weighted by atomic mass is 14.7. The first-order valence-corrected chi connectivity index (χ1v) is 4.60. The second-order valence-electron chi connectivity index (χ2n) is 3.58. The highest BCUT2D eigenvalue weighted by Gasteiger charge is 2.21. The Kier molecular flexibility index (Phi) is 2.93. The fourth-order valence-electron chi connectivity index (χ4n) is 1.40. The van der Waals surface area contributed by atoms with Gasteiger partial charge < -0.3 is 11.5 Å². The molecule has 1 atom stereocenters. The second kappa shape index (κ2) is 3.76. The molecule has 1 aliphatic rings. The van der Waals surface area contributed by atoms with Crippen LogP contribution < -0.4 is 11.5 Å². The van der Waals surface area contributed by atoms with Gasteiger partial charge in [0, 0.05) is 11.2 Å². The largest absolute Gasteiger partial charge is 0.399 e. The van der Waals surface area contributed by atoms with Gasteiger partial charge in [-0.3, -0.25) is 0 Å². The summed E-state index contributed by atoms with van der Waals surface area (Å²) in [7, 11) is 0. The highest BCUT2D eigenvalue weighted by Crippen LogP contribution is 2.22. The van der Waals surface area contributed by atoms with E-state index in [1.54, 1.807) is 0 Å². The first-order valence-electron chi connectivity index (χ1n) is 4.60. The molecule has 0 saturated carbocycles. The van der Waals surface area contributed by atoms with Gasteiger partial charge in [-0.05, 0) is 18.9 Å². The summed E-state index contributed by atoms with van der Waals surface area (Å²) < 4.78 is 0. The van der Waals surface area contributed by atoms with E-state index in [2.05, 4.69) is 6.92 Å². The van der Waals surface area contributed by atoms with Gasteiger partial charge in [0.25, 0.3) is 0 Å². The van der Waals surface area contributed by atoms with Gasteiger partial charge in [-0.2, -0.15) is 0 Å². The average molecular weight is 166 g/mol. The van der Waals surface area contributed by atoms with Crippen LogP contribution in [0.2, 0.25) is 0 Å². The van der Waals surface area contributed by atoms with E-state index in [0.29, 0.717) is 0 Å². The molecule has 0 spiro atoms. The quantitative estimate of drug-likeness (QED) is 0.670. The number of hydrogen-bond acceptors (Lipinski definition) is 2. The van der Waals surface area contributed by atoms with Crippen LogP contribution in [0, 0.1) is 0 Å². The molecule has 12 heavy (non-hydrogen) atoms. The van der Waals surface area contributed by atoms with Crippen molar-refractivity contribution in [2.24, 2.45) is 11.5 Å². The minimum Gasteiger partial charge on any atom is -0.399 e. The number of nitrogens with two attached hydrogens (primary N) is 2. The summed E-state index contributed by atoms with van der Waals surface area (Å²) in [4.78, 5) is 0. The summed E-state index contributed by atoms with van der Waals surface area (Å²) in [6, 6.07) is 0. The molecule has 0 aromatic heterocycles. The molecule has 2 nitrogen and oxygen atoms in total. The Bertz CT molecular complexity index is 206. The Morgan fingerprint density at radius 2 is 2.33 bits per heavy atom. The van der Waals surface area contributed by atoms with Crippen molar-refractivity contribution in [1.82, 2.24) is 0 Å². The zero-order valence-electron chi connectivity index (χ0n) is 7.72. The van der Waals surface area contributed by atoms with Crippen molar-refractivity contribution in [2.75, 3.05) is 0 Å². The maximum absolute atomic E-state index is 6.12. The van der Waals surface area contributed by atoms with Crippen LogP contribution in [0.5, 0.6) is 0 Å². The molecule has 0 aliphatic heterocycles. The van der Waals surface area contributed by atoms with Gasteiger partial charge in [-0.15, -0.1) is 0 Å². The van der Waals surface area contributed by atoms with Gasteiger partial charge in [-0.1, -0.05) is 31.9 Å². The molecule has 0 fully saturated rings. The molecule has 0 saturated heterocycles. The predicted octanol–water partition coefficient (Wildman–Crippen LogP) is 1.68. The Labute approximate surface area is 74.3 Å². The van der Waals surface area contributed by atoms with Crippen molar-refractivity contribution < 1.29 is 0 Å². The predicted molar refractivity (Wildman–Crippen MR) is 52.5 cm³/mol. The average Bonchev–Trinajstić information content (AvgIpc) is 2.08. The maximum Gasteiger partial charge on any atom is 0.0378 e. The third kappa shape index (κ3) is 2.38. The number of hydrogen-bond donors (Lipinski definition) is 2. The van der Waals surface area contributed by atoms with Crippen LogP contribution in [0.1, 0.15) is 32.6 Å². The van der Waals surface area contributed by atoms with Gasteiger partial charge in [0.1, 0.15) is 0 Å². The van der Waals surface area contributed by atoms with Crippen LogP contribution in [0.4, 0.5) is 0 Å². The lowest BCUT2D eigenvalue weighted by atomic mass is 9.86. The lowest BCUT2D eigenvalue weighted by Gasteiger charge is -2.27. The minimum absolute atomic E-state index is 0.126. The first-order chi connectivity index (χ1) is 5.66. The third-order valence-electron chi connectivity index (χ3n) is 2.32. The van der Waals surface area contributed by atoms with E-state index in [4.69, 9.17) is 11.5 Å². The van der Waals surface area contributed by atoms with Crippen LogP contribution in [-0.2, 0) is 0 Å². The number of allylic oxidation sites excluding steroid dienone is 1. The fourth-order valence-corrected chi connectivity index (χ4v) is 1.40. The minimum atomic E-state index is -0.126. The van der Waals surface area contributed by atoms with E-state index >= 15 is 0 Å². The Hall–Kier alpha value is -0.760. The van der Waals surface area contributed by atoms with Crippen LogP contribution in [0.25, 0.3) is 0 Å². The van der Waals surface area contributed by atoms with Crippen molar-refractivity contribution in [3.05, 3.63) is 23.9 Å². The highest BCUT2D eigenvalue weighted by molar-refractivity contribution is 5.26. The molecule has 4 N–H and O–H groups in total. The monoisotopic (exact) mass is 166 g/mol. The van der Waals surface area contributed by atoms with Crippen molar-refractivity contribution in [1.29, 1.82) is 0 Å². The lowest BCUT2D eigenvalue weighted by Crippen LogP contribution is -2.38. The van der Waals surface area contributed by atoms with Crippen LogP contribution in [-0.4, -0.2) is 5.54 Å². The van der Waals surface area contributed by atoms with Crippen molar-refractivity contribution in [2.45, 2.75) is 38.1 Å². The molecule has 2 heteroatoms. The molecule has 1 unspecified atom stereocenters. The molecule has 0 amide bonds. The van der Waals surface area contributed by atoms with Crippen LogP contribution in [0.3, 0.4) is 0 Å². The van der Waals surface area contributed by atoms with Gasteiger partial charge in [0.2, 0.25) is 0 Å². The standard InChI is InChI=1S/C10H18N2/c1-2-3-6-10(12)7-4-9(11)5-8-10/h4-5,7H,2-3,6,8,11-12H2,1H3. The van der Waals surface area contributed by atoms with Crippen LogP contribution >= 0.6 is 0 Å². The molecular weight excluding hydrogens is 148 g/mol. The zero-order chi connectivity index (χ0) is 9.03. The van der Waals surface area contributed by atoms with Gasteiger partial charge in [0.05, 0.1) is 0 Å². The van der Waals surface area contributed by atoms with E-state index in [1.165, 1.54) is 12.8 Å². The SMILES string of the molecule is CCCCC1(N)C=CC(N)=CC1. The zero-order valence-corrected chi connectivity index (χ0v) is 7.72. The van der Waals surface area contributed by atoms with E-state index in [9.17, 15) is 0 Å². The molecule has 0 aromatic carbocycles. The molecule has 0 aromatic rings. The van der Waals surface area contributed by atoms with E-state index < -0.39 is 0 Å². The normalized spacial score (nSPS) is 28.7. The Morgan fingerprint density at radius 3 is 2.83 bits per heavy atom. The molecule has 0 bridgehead atoms. The molecule has 0 heterocycles. The summed E-state index contributed by atoms with van der Waals surface area (Å²) in [5, 5.41) is 0. The fraction of sp³-hybridized carbons (Fsp3) is 0.600. The van der Waals surface area contributed by atoms with E-state index in [-0.39, 0.29) is 5.54 Å². The molecule has 0 radical (unpaired) electrons. The van der Waals surface area contributed by atoms with Crippen molar-refractivity contribution >= 4 is 0 Å². The molecule has 1 aliphatic carbocycles. The summed E-state index contributed by atoms with van der Waals surface area (Å²) >= 11 is 0. The van der Waals surface area contributed by atoms with Gasteiger partial charge in [0.15, 0.2) is 0 Å². The van der Waals surface area contributed by atoms with Gasteiger partial charge in [-0.25, -0.2) is 0 Å². The number of rotatable bonds is 3. The van der Waals surface area contributed by atoms with Crippen molar-refractivity contribution in [3.63, 3.8) is 0 Å². The summed E-state index contributed by atoms with van der Waals surface area (Å²) in [5.41, 5.74) is 12.4. The summed E-state index contributed by atoms with van der Waals surface area (Å²) in [6.07, 6.45) is 10.3. The smallest absolute Gasteiger partial charge is 0.0378 e. The molecule has 68 valence electrons. The summed E-state index contributed by atoms with van der Waals surface area (Å²) in [5.74, 6) is 0. The van der Waals surface area contributed by atoms with E-state index in [0.717, 1.165) is 18.5 Å². The van der Waals surface area contributed by atoms with Crippen molar-refractivity contribution in [3.8, 4) is 0 Å². The maximum atomic E-state index is 6.12. The van der Waals surface area contributed by atoms with E-state index in [1.807, 2.05) is 18.2 Å². The second-order valence-corrected chi connectivity index (χ2v) is 3.58. The Morgan fingerprint density at radius 1 is 1.58 bits per heavy atom. The molecular formula is C10H18N2. The topological polar surface area (TPSA) is 52.0 Å². The lowest BCUT2D eigenvalue weighted by molar-refractivity contribution is 0.465. The molecule has 1 rings (SSSR count). The Balaban J connectivity index is 2.47. The van der Waals surface area contributed by atoms with Crippen LogP contribution in [0.15, 0.2) is 23.9 Å². The number of unbranched alkanes of at least 4 members (excludes halogenated alkanes) is 1.